The summed E-state index contributed by atoms with van der Waals surface area (Å²) in [5.74, 6) is -0.0105. The second kappa shape index (κ2) is 6.06. The third-order valence-corrected chi connectivity index (χ3v) is 3.35. The van der Waals surface area contributed by atoms with Crippen LogP contribution in [0.15, 0.2) is 24.3 Å². The standard InChI is InChI=1S/C15H21NO3/c1-11(2)19-14-6-4-3-5-12(14)9-16-8-7-13(10-16)15(17)18/h3-6,11,13H,7-10H2,1-2H3,(H,17,18). The third-order valence-electron chi connectivity index (χ3n) is 3.35. The fraction of sp³-hybridized carbons (Fsp3) is 0.533. The highest BCUT2D eigenvalue weighted by Crippen LogP contribution is 2.24. The molecule has 19 heavy (non-hydrogen) atoms. The monoisotopic (exact) mass is 263 g/mol. The summed E-state index contributed by atoms with van der Waals surface area (Å²) in [5, 5.41) is 9.02. The first kappa shape index (κ1) is 13.9. The molecule has 1 aliphatic rings. The van der Waals surface area contributed by atoms with E-state index in [1.54, 1.807) is 0 Å². The van der Waals surface area contributed by atoms with Gasteiger partial charge in [0.1, 0.15) is 5.75 Å². The average molecular weight is 263 g/mol. The second-order valence-electron chi connectivity index (χ2n) is 5.33. The molecule has 4 nitrogen and oxygen atoms in total. The van der Waals surface area contributed by atoms with Gasteiger partial charge >= 0.3 is 5.97 Å². The number of benzene rings is 1. The Morgan fingerprint density at radius 1 is 1.47 bits per heavy atom. The molecule has 1 unspecified atom stereocenters. The number of carboxylic acid groups (broad SMARTS) is 1. The first-order valence-corrected chi connectivity index (χ1v) is 6.76. The molecular weight excluding hydrogens is 242 g/mol. The van der Waals surface area contributed by atoms with Crippen LogP contribution in [0, 0.1) is 5.92 Å². The van der Waals surface area contributed by atoms with E-state index in [-0.39, 0.29) is 12.0 Å². The molecule has 1 atom stereocenters. The molecule has 1 N–H and O–H groups in total. The summed E-state index contributed by atoms with van der Waals surface area (Å²) in [5.41, 5.74) is 1.13. The van der Waals surface area contributed by atoms with Gasteiger partial charge < -0.3 is 9.84 Å². The highest BCUT2D eigenvalue weighted by Gasteiger charge is 2.28. The largest absolute Gasteiger partial charge is 0.491 e. The molecule has 0 aromatic heterocycles. The van der Waals surface area contributed by atoms with Gasteiger partial charge in [-0.2, -0.15) is 0 Å². The zero-order valence-corrected chi connectivity index (χ0v) is 11.5. The Bertz CT molecular complexity index is 445. The summed E-state index contributed by atoms with van der Waals surface area (Å²) < 4.78 is 5.79. The Kier molecular flexibility index (Phi) is 4.43. The van der Waals surface area contributed by atoms with Crippen LogP contribution in [0.3, 0.4) is 0 Å². The van der Waals surface area contributed by atoms with Crippen LogP contribution in [-0.4, -0.2) is 35.2 Å². The molecule has 2 rings (SSSR count). The molecule has 1 aromatic rings. The summed E-state index contributed by atoms with van der Waals surface area (Å²) >= 11 is 0. The third kappa shape index (κ3) is 3.70. The summed E-state index contributed by atoms with van der Waals surface area (Å²) in [4.78, 5) is 13.1. The summed E-state index contributed by atoms with van der Waals surface area (Å²) in [7, 11) is 0. The van der Waals surface area contributed by atoms with E-state index in [0.717, 1.165) is 30.8 Å². The maximum Gasteiger partial charge on any atom is 0.307 e. The number of hydrogen-bond acceptors (Lipinski definition) is 3. The number of ether oxygens (including phenoxy) is 1. The van der Waals surface area contributed by atoms with Gasteiger partial charge in [0.2, 0.25) is 0 Å². The summed E-state index contributed by atoms with van der Waals surface area (Å²) in [6, 6.07) is 7.98. The van der Waals surface area contributed by atoms with Gasteiger partial charge in [0.25, 0.3) is 0 Å². The zero-order chi connectivity index (χ0) is 13.8. The Morgan fingerprint density at radius 3 is 2.84 bits per heavy atom. The molecule has 1 aliphatic heterocycles. The fourth-order valence-electron chi connectivity index (χ4n) is 2.42. The van der Waals surface area contributed by atoms with E-state index in [0.29, 0.717) is 6.54 Å². The van der Waals surface area contributed by atoms with E-state index in [1.165, 1.54) is 0 Å². The van der Waals surface area contributed by atoms with Gasteiger partial charge in [0.15, 0.2) is 0 Å². The van der Waals surface area contributed by atoms with Crippen molar-refractivity contribution in [3.8, 4) is 5.75 Å². The molecule has 4 heteroatoms. The number of carboxylic acids is 1. The predicted octanol–water partition coefficient (Wildman–Crippen LogP) is 2.38. The summed E-state index contributed by atoms with van der Waals surface area (Å²) in [6.07, 6.45) is 0.884. The van der Waals surface area contributed by atoms with Crippen molar-refractivity contribution < 1.29 is 14.6 Å². The average Bonchev–Trinajstić information content (AvgIpc) is 2.80. The Labute approximate surface area is 114 Å². The molecule has 1 heterocycles. The van der Waals surface area contributed by atoms with Crippen LogP contribution in [0.2, 0.25) is 0 Å². The Balaban J connectivity index is 2.01. The molecule has 0 radical (unpaired) electrons. The van der Waals surface area contributed by atoms with Crippen LogP contribution in [0.1, 0.15) is 25.8 Å². The van der Waals surface area contributed by atoms with E-state index in [2.05, 4.69) is 4.90 Å². The minimum absolute atomic E-state index is 0.145. The van der Waals surface area contributed by atoms with Crippen LogP contribution in [-0.2, 0) is 11.3 Å². The van der Waals surface area contributed by atoms with Gasteiger partial charge in [-0.05, 0) is 32.9 Å². The first-order chi connectivity index (χ1) is 9.06. The van der Waals surface area contributed by atoms with Crippen molar-refractivity contribution in [2.24, 2.45) is 5.92 Å². The highest BCUT2D eigenvalue weighted by molar-refractivity contribution is 5.70. The Morgan fingerprint density at radius 2 is 2.21 bits per heavy atom. The van der Waals surface area contributed by atoms with E-state index in [1.807, 2.05) is 38.1 Å². The summed E-state index contributed by atoms with van der Waals surface area (Å²) in [6.45, 7) is 6.24. The van der Waals surface area contributed by atoms with Crippen molar-refractivity contribution >= 4 is 5.97 Å². The molecule has 104 valence electrons. The van der Waals surface area contributed by atoms with Crippen molar-refractivity contribution in [3.05, 3.63) is 29.8 Å². The van der Waals surface area contributed by atoms with Crippen LogP contribution >= 0.6 is 0 Å². The highest BCUT2D eigenvalue weighted by atomic mass is 16.5. The molecule has 1 aromatic carbocycles. The van der Waals surface area contributed by atoms with E-state index < -0.39 is 5.97 Å². The molecule has 1 saturated heterocycles. The SMILES string of the molecule is CC(C)Oc1ccccc1CN1CCC(C(=O)O)C1. The fourth-order valence-corrected chi connectivity index (χ4v) is 2.42. The lowest BCUT2D eigenvalue weighted by Gasteiger charge is -2.19. The molecule has 0 bridgehead atoms. The van der Waals surface area contributed by atoms with Gasteiger partial charge in [0, 0.05) is 18.7 Å². The lowest BCUT2D eigenvalue weighted by molar-refractivity contribution is -0.141. The lowest BCUT2D eigenvalue weighted by atomic mass is 10.1. The van der Waals surface area contributed by atoms with E-state index in [4.69, 9.17) is 9.84 Å². The lowest BCUT2D eigenvalue weighted by Crippen LogP contribution is -2.23. The van der Waals surface area contributed by atoms with Crippen LogP contribution in [0.5, 0.6) is 5.75 Å². The first-order valence-electron chi connectivity index (χ1n) is 6.76. The molecule has 0 amide bonds. The van der Waals surface area contributed by atoms with Gasteiger partial charge in [0.05, 0.1) is 12.0 Å². The van der Waals surface area contributed by atoms with Crippen molar-refractivity contribution in [1.82, 2.24) is 4.90 Å². The van der Waals surface area contributed by atoms with Crippen LogP contribution in [0.25, 0.3) is 0 Å². The maximum atomic E-state index is 11.0. The minimum atomic E-state index is -0.686. The predicted molar refractivity (Wildman–Crippen MR) is 73.2 cm³/mol. The van der Waals surface area contributed by atoms with Crippen molar-refractivity contribution in [1.29, 1.82) is 0 Å². The molecular formula is C15H21NO3. The smallest absolute Gasteiger partial charge is 0.307 e. The Hall–Kier alpha value is -1.55. The number of hydrogen-bond donors (Lipinski definition) is 1. The topological polar surface area (TPSA) is 49.8 Å². The van der Waals surface area contributed by atoms with Crippen molar-refractivity contribution in [3.63, 3.8) is 0 Å². The van der Waals surface area contributed by atoms with E-state index in [9.17, 15) is 4.79 Å². The number of aliphatic carboxylic acids is 1. The maximum absolute atomic E-state index is 11.0. The number of carbonyl (C=O) groups is 1. The number of rotatable bonds is 5. The van der Waals surface area contributed by atoms with Crippen molar-refractivity contribution in [2.45, 2.75) is 32.9 Å². The molecule has 0 spiro atoms. The quantitative estimate of drug-likeness (QED) is 0.886. The number of para-hydroxylation sites is 1. The molecule has 0 saturated carbocycles. The second-order valence-corrected chi connectivity index (χ2v) is 5.33. The van der Waals surface area contributed by atoms with Crippen LogP contribution in [0.4, 0.5) is 0 Å². The number of nitrogens with zero attached hydrogens (tertiary/aromatic N) is 1. The van der Waals surface area contributed by atoms with Gasteiger partial charge in [-0.3, -0.25) is 9.69 Å². The van der Waals surface area contributed by atoms with Crippen molar-refractivity contribution in [2.75, 3.05) is 13.1 Å². The van der Waals surface area contributed by atoms with Gasteiger partial charge in [-0.25, -0.2) is 0 Å². The van der Waals surface area contributed by atoms with Gasteiger partial charge in [-0.15, -0.1) is 0 Å². The van der Waals surface area contributed by atoms with Gasteiger partial charge in [-0.1, -0.05) is 18.2 Å². The van der Waals surface area contributed by atoms with Crippen LogP contribution < -0.4 is 4.74 Å². The molecule has 0 aliphatic carbocycles. The minimum Gasteiger partial charge on any atom is -0.491 e. The zero-order valence-electron chi connectivity index (χ0n) is 11.5. The normalized spacial score (nSPS) is 19.8. The van der Waals surface area contributed by atoms with E-state index >= 15 is 0 Å². The number of likely N-dealkylation sites (tertiary alicyclic amines) is 1. The molecule has 1 fully saturated rings.